The molecule has 0 aliphatic heterocycles. The van der Waals surface area contributed by atoms with Crippen molar-refractivity contribution in [3.63, 3.8) is 0 Å². The van der Waals surface area contributed by atoms with Gasteiger partial charge < -0.3 is 0 Å². The first-order valence-electron chi connectivity index (χ1n) is 2.90. The Labute approximate surface area is 69.7 Å². The standard InChI is InChI=1S/C6H8Cl2N2/c1-4-3-5(6(7)8)10(2)9-4/h3,6H,1-2H3. The maximum absolute atomic E-state index is 5.63. The second-order valence-electron chi connectivity index (χ2n) is 2.13. The Balaban J connectivity index is 3.03. The third-order valence-electron chi connectivity index (χ3n) is 1.26. The molecule has 0 aliphatic rings. The van der Waals surface area contributed by atoms with Gasteiger partial charge in [0.25, 0.3) is 0 Å². The molecule has 0 N–H and O–H groups in total. The summed E-state index contributed by atoms with van der Waals surface area (Å²) in [5.41, 5.74) is 1.77. The van der Waals surface area contributed by atoms with E-state index in [2.05, 4.69) is 5.10 Å². The van der Waals surface area contributed by atoms with Gasteiger partial charge in [0.2, 0.25) is 0 Å². The van der Waals surface area contributed by atoms with Crippen LogP contribution in [0.3, 0.4) is 0 Å². The summed E-state index contributed by atoms with van der Waals surface area (Å²) in [6.07, 6.45) is 0. The van der Waals surface area contributed by atoms with Crippen LogP contribution in [-0.2, 0) is 7.05 Å². The number of hydrogen-bond acceptors (Lipinski definition) is 1. The minimum absolute atomic E-state index is 0.480. The van der Waals surface area contributed by atoms with Crippen LogP contribution in [0.5, 0.6) is 0 Å². The molecule has 2 nitrogen and oxygen atoms in total. The Morgan fingerprint density at radius 1 is 1.60 bits per heavy atom. The predicted molar refractivity (Wildman–Crippen MR) is 42.4 cm³/mol. The molecule has 56 valence electrons. The lowest BCUT2D eigenvalue weighted by atomic mass is 10.4. The number of aromatic nitrogens is 2. The van der Waals surface area contributed by atoms with Gasteiger partial charge in [-0.25, -0.2) is 0 Å². The highest BCUT2D eigenvalue weighted by atomic mass is 35.5. The van der Waals surface area contributed by atoms with Gasteiger partial charge in [-0.3, -0.25) is 4.68 Å². The van der Waals surface area contributed by atoms with Crippen LogP contribution in [0, 0.1) is 6.92 Å². The van der Waals surface area contributed by atoms with Gasteiger partial charge in [0, 0.05) is 7.05 Å². The first-order chi connectivity index (χ1) is 4.61. The lowest BCUT2D eigenvalue weighted by Crippen LogP contribution is -1.96. The fraction of sp³-hybridized carbons (Fsp3) is 0.500. The number of alkyl halides is 2. The summed E-state index contributed by atoms with van der Waals surface area (Å²) in [6, 6.07) is 1.87. The third kappa shape index (κ3) is 1.44. The number of rotatable bonds is 1. The highest BCUT2D eigenvalue weighted by Gasteiger charge is 2.08. The maximum Gasteiger partial charge on any atom is 0.149 e. The molecule has 0 fully saturated rings. The summed E-state index contributed by atoms with van der Waals surface area (Å²) in [6.45, 7) is 1.90. The first-order valence-corrected chi connectivity index (χ1v) is 3.77. The molecule has 0 atom stereocenters. The Hall–Kier alpha value is -0.210. The smallest absolute Gasteiger partial charge is 0.149 e. The molecule has 0 saturated heterocycles. The zero-order chi connectivity index (χ0) is 7.72. The third-order valence-corrected chi connectivity index (χ3v) is 1.71. The number of aryl methyl sites for hydroxylation is 2. The van der Waals surface area contributed by atoms with E-state index in [4.69, 9.17) is 23.2 Å². The fourth-order valence-corrected chi connectivity index (χ4v) is 1.24. The summed E-state index contributed by atoms with van der Waals surface area (Å²) in [5, 5.41) is 4.08. The van der Waals surface area contributed by atoms with Gasteiger partial charge in [0.15, 0.2) is 0 Å². The van der Waals surface area contributed by atoms with Crippen molar-refractivity contribution in [3.8, 4) is 0 Å². The van der Waals surface area contributed by atoms with Crippen molar-refractivity contribution in [3.05, 3.63) is 17.5 Å². The Kier molecular flexibility index (Phi) is 2.21. The second kappa shape index (κ2) is 2.81. The van der Waals surface area contributed by atoms with Crippen molar-refractivity contribution in [1.29, 1.82) is 0 Å². The van der Waals surface area contributed by atoms with Crippen molar-refractivity contribution in [2.45, 2.75) is 11.8 Å². The average Bonchev–Trinajstić information content (AvgIpc) is 2.10. The molecule has 1 rings (SSSR count). The van der Waals surface area contributed by atoms with E-state index in [1.165, 1.54) is 0 Å². The second-order valence-corrected chi connectivity index (χ2v) is 3.23. The van der Waals surface area contributed by atoms with E-state index in [9.17, 15) is 0 Å². The van der Waals surface area contributed by atoms with E-state index in [1.54, 1.807) is 4.68 Å². The predicted octanol–water partition coefficient (Wildman–Crippen LogP) is 2.20. The van der Waals surface area contributed by atoms with Crippen LogP contribution in [0.4, 0.5) is 0 Å². The lowest BCUT2D eigenvalue weighted by molar-refractivity contribution is 0.723. The first kappa shape index (κ1) is 7.89. The quantitative estimate of drug-likeness (QED) is 0.604. The molecule has 0 radical (unpaired) electrons. The molecular weight excluding hydrogens is 171 g/mol. The van der Waals surface area contributed by atoms with Gasteiger partial charge in [0.1, 0.15) is 4.84 Å². The SMILES string of the molecule is Cc1cc(C(Cl)Cl)n(C)n1. The molecule has 0 spiro atoms. The Morgan fingerprint density at radius 2 is 2.20 bits per heavy atom. The van der Waals surface area contributed by atoms with Crippen LogP contribution in [0.1, 0.15) is 16.2 Å². The molecule has 1 aromatic rings. The van der Waals surface area contributed by atoms with Crippen LogP contribution in [-0.4, -0.2) is 9.78 Å². The molecule has 10 heavy (non-hydrogen) atoms. The van der Waals surface area contributed by atoms with Gasteiger partial charge >= 0.3 is 0 Å². The minimum atomic E-state index is -0.480. The van der Waals surface area contributed by atoms with Crippen molar-refractivity contribution in [2.75, 3.05) is 0 Å². The highest BCUT2D eigenvalue weighted by Crippen LogP contribution is 2.24. The zero-order valence-corrected chi connectivity index (χ0v) is 7.32. The van der Waals surface area contributed by atoms with Crippen molar-refractivity contribution >= 4 is 23.2 Å². The summed E-state index contributed by atoms with van der Waals surface area (Å²) < 4.78 is 1.68. The van der Waals surface area contributed by atoms with E-state index in [-0.39, 0.29) is 0 Å². The maximum atomic E-state index is 5.63. The number of hydrogen-bond donors (Lipinski definition) is 0. The van der Waals surface area contributed by atoms with E-state index in [1.807, 2.05) is 20.0 Å². The van der Waals surface area contributed by atoms with E-state index in [0.29, 0.717) is 0 Å². The highest BCUT2D eigenvalue weighted by molar-refractivity contribution is 6.43. The molecule has 1 heterocycles. The van der Waals surface area contributed by atoms with Crippen molar-refractivity contribution in [1.82, 2.24) is 9.78 Å². The molecule has 0 unspecified atom stereocenters. The molecule has 0 aliphatic carbocycles. The topological polar surface area (TPSA) is 17.8 Å². The molecule has 1 aromatic heterocycles. The Morgan fingerprint density at radius 3 is 2.40 bits per heavy atom. The molecule has 0 aromatic carbocycles. The van der Waals surface area contributed by atoms with Gasteiger partial charge in [0.05, 0.1) is 11.4 Å². The summed E-state index contributed by atoms with van der Waals surface area (Å²) in [7, 11) is 1.82. The van der Waals surface area contributed by atoms with Gasteiger partial charge in [-0.1, -0.05) is 23.2 Å². The van der Waals surface area contributed by atoms with Gasteiger partial charge in [-0.05, 0) is 13.0 Å². The molecule has 4 heteroatoms. The van der Waals surface area contributed by atoms with Crippen molar-refractivity contribution in [2.24, 2.45) is 7.05 Å². The minimum Gasteiger partial charge on any atom is -0.270 e. The van der Waals surface area contributed by atoms with E-state index in [0.717, 1.165) is 11.4 Å². The molecular formula is C6H8Cl2N2. The molecule has 0 amide bonds. The van der Waals surface area contributed by atoms with E-state index < -0.39 is 4.84 Å². The summed E-state index contributed by atoms with van der Waals surface area (Å²) in [5.74, 6) is 0. The van der Waals surface area contributed by atoms with Crippen molar-refractivity contribution < 1.29 is 0 Å². The normalized spacial score (nSPS) is 10.9. The van der Waals surface area contributed by atoms with Gasteiger partial charge in [-0.15, -0.1) is 0 Å². The summed E-state index contributed by atoms with van der Waals surface area (Å²) in [4.78, 5) is -0.480. The van der Waals surface area contributed by atoms with Crippen LogP contribution >= 0.6 is 23.2 Å². The van der Waals surface area contributed by atoms with Crippen LogP contribution < -0.4 is 0 Å². The van der Waals surface area contributed by atoms with Crippen LogP contribution in [0.25, 0.3) is 0 Å². The van der Waals surface area contributed by atoms with Gasteiger partial charge in [-0.2, -0.15) is 5.10 Å². The van der Waals surface area contributed by atoms with Crippen LogP contribution in [0.2, 0.25) is 0 Å². The average molecular weight is 179 g/mol. The molecule has 0 saturated carbocycles. The van der Waals surface area contributed by atoms with Crippen LogP contribution in [0.15, 0.2) is 6.07 Å². The Bertz CT molecular complexity index is 230. The largest absolute Gasteiger partial charge is 0.270 e. The number of nitrogens with zero attached hydrogens (tertiary/aromatic N) is 2. The lowest BCUT2D eigenvalue weighted by Gasteiger charge is -1.98. The van der Waals surface area contributed by atoms with E-state index >= 15 is 0 Å². The number of halogens is 2. The zero-order valence-electron chi connectivity index (χ0n) is 5.81. The fourth-order valence-electron chi connectivity index (χ4n) is 0.835. The summed E-state index contributed by atoms with van der Waals surface area (Å²) >= 11 is 11.3. The monoisotopic (exact) mass is 178 g/mol. The molecule has 0 bridgehead atoms.